The highest BCUT2D eigenvalue weighted by Gasteiger charge is 2.41. The topological polar surface area (TPSA) is 88.3 Å². The van der Waals surface area contributed by atoms with Crippen molar-refractivity contribution in [3.8, 4) is 0 Å². The molecule has 2 fully saturated rings. The zero-order valence-electron chi connectivity index (χ0n) is 10.6. The fraction of sp³-hybridized carbons (Fsp3) is 0.727. The van der Waals surface area contributed by atoms with Crippen molar-refractivity contribution in [3.63, 3.8) is 0 Å². The first kappa shape index (κ1) is 13.1. The summed E-state index contributed by atoms with van der Waals surface area (Å²) in [6.07, 6.45) is 4.97. The number of nitrogen functional groups attached to an aromatic ring is 1. The normalized spacial score (nSPS) is 21.5. The second-order valence-corrected chi connectivity index (χ2v) is 8.07. The highest BCUT2D eigenvalue weighted by Crippen LogP contribution is 2.41. The first-order chi connectivity index (χ1) is 9.09. The Hall–Kier alpha value is -0.860. The van der Waals surface area contributed by atoms with Gasteiger partial charge in [0.25, 0.3) is 0 Å². The standard InChI is InChI=1S/C11H18N4O2S2/c12-10-9(19(16,17)8-4-5-8)11(18-14-10)13-15-6-2-1-3-7-15/h8,13H,1-7H2,(H2,12,14). The number of anilines is 2. The molecule has 0 radical (unpaired) electrons. The van der Waals surface area contributed by atoms with Crippen LogP contribution >= 0.6 is 11.5 Å². The number of nitrogens with zero attached hydrogens (tertiary/aromatic N) is 2. The smallest absolute Gasteiger partial charge is 0.187 e. The molecule has 3 N–H and O–H groups in total. The largest absolute Gasteiger partial charge is 0.382 e. The van der Waals surface area contributed by atoms with Crippen molar-refractivity contribution in [2.75, 3.05) is 24.2 Å². The van der Waals surface area contributed by atoms with Crippen molar-refractivity contribution in [3.05, 3.63) is 0 Å². The Morgan fingerprint density at radius 2 is 1.95 bits per heavy atom. The van der Waals surface area contributed by atoms with Crippen LogP contribution in [0.25, 0.3) is 0 Å². The summed E-state index contributed by atoms with van der Waals surface area (Å²) in [5.41, 5.74) is 8.95. The minimum absolute atomic E-state index is 0.136. The van der Waals surface area contributed by atoms with E-state index in [0.29, 0.717) is 5.00 Å². The molecule has 1 saturated heterocycles. The van der Waals surface area contributed by atoms with Gasteiger partial charge in [-0.3, -0.25) is 0 Å². The van der Waals surface area contributed by atoms with Crippen LogP contribution in [-0.4, -0.2) is 36.1 Å². The maximum atomic E-state index is 12.4. The molecule has 0 atom stereocenters. The van der Waals surface area contributed by atoms with Gasteiger partial charge >= 0.3 is 0 Å². The highest BCUT2D eigenvalue weighted by atomic mass is 32.2. The third-order valence-corrected chi connectivity index (χ3v) is 6.76. The number of aromatic nitrogens is 1. The molecule has 19 heavy (non-hydrogen) atoms. The van der Waals surface area contributed by atoms with Crippen LogP contribution in [0, 0.1) is 0 Å². The summed E-state index contributed by atoms with van der Waals surface area (Å²) in [6.45, 7) is 1.86. The van der Waals surface area contributed by atoms with Crippen LogP contribution in [0.15, 0.2) is 4.90 Å². The lowest BCUT2D eigenvalue weighted by molar-refractivity contribution is 0.273. The van der Waals surface area contributed by atoms with Crippen molar-refractivity contribution in [1.29, 1.82) is 0 Å². The summed E-state index contributed by atoms with van der Waals surface area (Å²) in [7, 11) is -3.30. The van der Waals surface area contributed by atoms with Crippen LogP contribution in [0.5, 0.6) is 0 Å². The van der Waals surface area contributed by atoms with E-state index in [1.165, 1.54) is 6.42 Å². The van der Waals surface area contributed by atoms with Gasteiger partial charge in [-0.2, -0.15) is 4.37 Å². The van der Waals surface area contributed by atoms with Gasteiger partial charge in [0.1, 0.15) is 9.90 Å². The molecule has 0 bridgehead atoms. The third-order valence-electron chi connectivity index (χ3n) is 3.54. The van der Waals surface area contributed by atoms with Crippen LogP contribution < -0.4 is 11.2 Å². The van der Waals surface area contributed by atoms with Gasteiger partial charge in [-0.15, -0.1) is 0 Å². The van der Waals surface area contributed by atoms with Crippen LogP contribution in [0.1, 0.15) is 32.1 Å². The molecule has 0 aromatic carbocycles. The number of hydrogen-bond donors (Lipinski definition) is 2. The molecule has 0 amide bonds. The SMILES string of the molecule is Nc1nsc(NN2CCCCC2)c1S(=O)(=O)C1CC1. The molecule has 1 saturated carbocycles. The van der Waals surface area contributed by atoms with E-state index >= 15 is 0 Å². The predicted molar refractivity (Wildman–Crippen MR) is 75.8 cm³/mol. The van der Waals surface area contributed by atoms with E-state index < -0.39 is 9.84 Å². The van der Waals surface area contributed by atoms with Gasteiger partial charge in [0.15, 0.2) is 15.7 Å². The Kier molecular flexibility index (Phi) is 3.40. The number of hydrazine groups is 1. The number of rotatable bonds is 4. The number of piperidine rings is 1. The summed E-state index contributed by atoms with van der Waals surface area (Å²) >= 11 is 1.13. The number of nitrogens with one attached hydrogen (secondary N) is 1. The van der Waals surface area contributed by atoms with E-state index in [1.54, 1.807) is 0 Å². The number of hydrogen-bond acceptors (Lipinski definition) is 7. The molecule has 8 heteroatoms. The fourth-order valence-electron chi connectivity index (χ4n) is 2.33. The minimum Gasteiger partial charge on any atom is -0.382 e. The molecule has 1 aromatic heterocycles. The van der Waals surface area contributed by atoms with Gasteiger partial charge in [0.2, 0.25) is 0 Å². The first-order valence-corrected chi connectivity index (χ1v) is 8.91. The third kappa shape index (κ3) is 2.56. The summed E-state index contributed by atoms with van der Waals surface area (Å²) < 4.78 is 28.7. The van der Waals surface area contributed by atoms with Gasteiger partial charge in [-0.05, 0) is 37.2 Å². The Morgan fingerprint density at radius 3 is 2.58 bits per heavy atom. The lowest BCUT2D eigenvalue weighted by Gasteiger charge is -2.27. The summed E-state index contributed by atoms with van der Waals surface area (Å²) in [6, 6.07) is 0. The van der Waals surface area contributed by atoms with Crippen LogP contribution in [0.3, 0.4) is 0 Å². The zero-order valence-corrected chi connectivity index (χ0v) is 12.3. The maximum Gasteiger partial charge on any atom is 0.187 e. The Morgan fingerprint density at radius 1 is 1.26 bits per heavy atom. The number of sulfone groups is 1. The van der Waals surface area contributed by atoms with E-state index in [0.717, 1.165) is 50.3 Å². The molecular formula is C11H18N4O2S2. The van der Waals surface area contributed by atoms with Gasteiger partial charge in [0.05, 0.1) is 5.25 Å². The molecule has 1 aliphatic carbocycles. The van der Waals surface area contributed by atoms with Crippen LogP contribution in [0.2, 0.25) is 0 Å². The molecule has 106 valence electrons. The highest BCUT2D eigenvalue weighted by molar-refractivity contribution is 7.92. The van der Waals surface area contributed by atoms with Crippen LogP contribution in [0.4, 0.5) is 10.8 Å². The molecular weight excluding hydrogens is 284 g/mol. The zero-order chi connectivity index (χ0) is 13.5. The monoisotopic (exact) mass is 302 g/mol. The molecule has 3 rings (SSSR count). The predicted octanol–water partition coefficient (Wildman–Crippen LogP) is 1.47. The Balaban J connectivity index is 1.85. The molecule has 0 spiro atoms. The quantitative estimate of drug-likeness (QED) is 0.875. The first-order valence-electron chi connectivity index (χ1n) is 6.59. The minimum atomic E-state index is -3.30. The van der Waals surface area contributed by atoms with E-state index in [9.17, 15) is 8.42 Å². The van der Waals surface area contributed by atoms with Crippen molar-refractivity contribution in [2.24, 2.45) is 0 Å². The van der Waals surface area contributed by atoms with Gasteiger partial charge in [0, 0.05) is 13.1 Å². The average Bonchev–Trinajstić information content (AvgIpc) is 3.17. The molecule has 2 aliphatic rings. The lowest BCUT2D eigenvalue weighted by atomic mass is 10.2. The van der Waals surface area contributed by atoms with E-state index in [2.05, 4.69) is 14.8 Å². The van der Waals surface area contributed by atoms with Gasteiger partial charge < -0.3 is 11.2 Å². The van der Waals surface area contributed by atoms with E-state index in [4.69, 9.17) is 5.73 Å². The molecule has 6 nitrogen and oxygen atoms in total. The van der Waals surface area contributed by atoms with E-state index in [1.807, 2.05) is 0 Å². The van der Waals surface area contributed by atoms with Crippen LogP contribution in [-0.2, 0) is 9.84 Å². The number of nitrogens with two attached hydrogens (primary N) is 1. The summed E-state index contributed by atoms with van der Waals surface area (Å²) in [4.78, 5) is 0.213. The van der Waals surface area contributed by atoms with Crippen molar-refractivity contribution in [2.45, 2.75) is 42.2 Å². The fourth-order valence-corrected chi connectivity index (χ4v) is 5.22. The second kappa shape index (κ2) is 4.92. The lowest BCUT2D eigenvalue weighted by Crippen LogP contribution is -2.35. The van der Waals surface area contributed by atoms with E-state index in [-0.39, 0.29) is 16.0 Å². The summed E-state index contributed by atoms with van der Waals surface area (Å²) in [5.74, 6) is 0.136. The molecule has 1 aliphatic heterocycles. The average molecular weight is 302 g/mol. The summed E-state index contributed by atoms with van der Waals surface area (Å²) in [5, 5.41) is 2.38. The Labute approximate surface area is 117 Å². The van der Waals surface area contributed by atoms with Crippen molar-refractivity contribution in [1.82, 2.24) is 9.38 Å². The second-order valence-electron chi connectivity index (χ2n) is 5.13. The molecule has 2 heterocycles. The Bertz CT molecular complexity index is 559. The van der Waals surface area contributed by atoms with Crippen molar-refractivity contribution < 1.29 is 8.42 Å². The van der Waals surface area contributed by atoms with Gasteiger partial charge in [-0.1, -0.05) is 6.42 Å². The molecule has 0 unspecified atom stereocenters. The maximum absolute atomic E-state index is 12.4. The van der Waals surface area contributed by atoms with Gasteiger partial charge in [-0.25, -0.2) is 13.4 Å². The molecule has 1 aromatic rings. The van der Waals surface area contributed by atoms with Crippen molar-refractivity contribution >= 4 is 32.2 Å².